The van der Waals surface area contributed by atoms with Crippen LogP contribution < -0.4 is 10.1 Å². The number of amides is 1. The van der Waals surface area contributed by atoms with Crippen LogP contribution in [0.5, 0.6) is 5.75 Å². The van der Waals surface area contributed by atoms with Gasteiger partial charge >= 0.3 is 0 Å². The van der Waals surface area contributed by atoms with Crippen molar-refractivity contribution in [3.8, 4) is 5.75 Å². The molecular formula is C29H37N3O2. The van der Waals surface area contributed by atoms with Gasteiger partial charge in [0.15, 0.2) is 0 Å². The minimum absolute atomic E-state index is 0.121. The zero-order valence-corrected chi connectivity index (χ0v) is 20.3. The van der Waals surface area contributed by atoms with Gasteiger partial charge in [-0.15, -0.1) is 6.58 Å². The van der Waals surface area contributed by atoms with E-state index in [1.54, 1.807) is 0 Å². The molecule has 1 atom stereocenters. The molecule has 1 saturated carbocycles. The lowest BCUT2D eigenvalue weighted by atomic mass is 9.88. The highest BCUT2D eigenvalue weighted by Crippen LogP contribution is 2.26. The predicted octanol–water partition coefficient (Wildman–Crippen LogP) is 6.38. The number of hydrogen-bond acceptors (Lipinski definition) is 3. The van der Waals surface area contributed by atoms with Crippen molar-refractivity contribution >= 4 is 16.9 Å². The quantitative estimate of drug-likeness (QED) is 0.267. The Morgan fingerprint density at radius 2 is 1.91 bits per heavy atom. The van der Waals surface area contributed by atoms with Crippen LogP contribution in [0.25, 0.3) is 11.0 Å². The van der Waals surface area contributed by atoms with Crippen molar-refractivity contribution in [3.05, 3.63) is 72.6 Å². The lowest BCUT2D eigenvalue weighted by Crippen LogP contribution is -2.35. The normalized spacial score (nSPS) is 15.2. The Hall–Kier alpha value is -3.08. The third kappa shape index (κ3) is 5.88. The molecule has 5 nitrogen and oxygen atoms in total. The van der Waals surface area contributed by atoms with Crippen LogP contribution in [0.4, 0.5) is 0 Å². The molecule has 0 spiro atoms. The van der Waals surface area contributed by atoms with E-state index in [0.717, 1.165) is 74.1 Å². The van der Waals surface area contributed by atoms with Gasteiger partial charge in [-0.2, -0.15) is 0 Å². The second-order valence-corrected chi connectivity index (χ2v) is 9.33. The number of nitrogens with one attached hydrogen (secondary N) is 1. The summed E-state index contributed by atoms with van der Waals surface area (Å²) in [5, 5.41) is 3.25. The van der Waals surface area contributed by atoms with E-state index in [2.05, 4.69) is 41.6 Å². The standard InChI is InChI=1S/C29H37N3O2/c1-3-13-23-14-7-10-19-27(23)34-21-12-11-20-32-26-18-9-8-17-25(26)31-28(32)22(2)30-29(33)24-15-5-4-6-16-24/h3,7-10,14,17-19,22,24H,1,4-6,11-13,15-16,20-21H2,2H3,(H,30,33). The lowest BCUT2D eigenvalue weighted by molar-refractivity contribution is -0.126. The maximum Gasteiger partial charge on any atom is 0.223 e. The molecule has 34 heavy (non-hydrogen) atoms. The van der Waals surface area contributed by atoms with Gasteiger partial charge in [-0.3, -0.25) is 4.79 Å². The monoisotopic (exact) mass is 459 g/mol. The van der Waals surface area contributed by atoms with Gasteiger partial charge in [-0.25, -0.2) is 4.98 Å². The van der Waals surface area contributed by atoms with Crippen LogP contribution in [0.2, 0.25) is 0 Å². The molecule has 1 heterocycles. The molecule has 4 rings (SSSR count). The van der Waals surface area contributed by atoms with Crippen molar-refractivity contribution in [2.24, 2.45) is 5.92 Å². The van der Waals surface area contributed by atoms with Gasteiger partial charge in [0.25, 0.3) is 0 Å². The van der Waals surface area contributed by atoms with Crippen LogP contribution in [0.15, 0.2) is 61.2 Å². The molecule has 2 aromatic carbocycles. The van der Waals surface area contributed by atoms with Crippen LogP contribution >= 0.6 is 0 Å². The van der Waals surface area contributed by atoms with Gasteiger partial charge in [0.1, 0.15) is 11.6 Å². The van der Waals surface area contributed by atoms with E-state index in [-0.39, 0.29) is 17.9 Å². The smallest absolute Gasteiger partial charge is 0.223 e. The van der Waals surface area contributed by atoms with Crippen molar-refractivity contribution in [2.75, 3.05) is 6.61 Å². The zero-order chi connectivity index (χ0) is 23.8. The molecular weight excluding hydrogens is 422 g/mol. The Kier molecular flexibility index (Phi) is 8.40. The summed E-state index contributed by atoms with van der Waals surface area (Å²) in [6.45, 7) is 7.41. The van der Waals surface area contributed by atoms with Gasteiger partial charge in [-0.05, 0) is 62.8 Å². The van der Waals surface area contributed by atoms with Gasteiger partial charge in [-0.1, -0.05) is 55.7 Å². The first-order chi connectivity index (χ1) is 16.7. The van der Waals surface area contributed by atoms with Crippen LogP contribution in [0, 0.1) is 5.92 Å². The van der Waals surface area contributed by atoms with Gasteiger partial charge in [0.05, 0.1) is 23.7 Å². The highest BCUT2D eigenvalue weighted by atomic mass is 16.5. The maximum absolute atomic E-state index is 12.8. The van der Waals surface area contributed by atoms with Crippen LogP contribution in [-0.4, -0.2) is 22.1 Å². The summed E-state index contributed by atoms with van der Waals surface area (Å²) in [5.74, 6) is 2.20. The molecule has 0 aliphatic heterocycles. The number of hydrogen-bond donors (Lipinski definition) is 1. The van der Waals surface area contributed by atoms with E-state index in [9.17, 15) is 4.79 Å². The lowest BCUT2D eigenvalue weighted by Gasteiger charge is -2.23. The number of nitrogens with zero attached hydrogens (tertiary/aromatic N) is 2. The highest BCUT2D eigenvalue weighted by Gasteiger charge is 2.24. The molecule has 1 aliphatic rings. The third-order valence-electron chi connectivity index (χ3n) is 6.78. The van der Waals surface area contributed by atoms with Crippen molar-refractivity contribution in [1.29, 1.82) is 0 Å². The van der Waals surface area contributed by atoms with E-state index >= 15 is 0 Å². The summed E-state index contributed by atoms with van der Waals surface area (Å²) in [6, 6.07) is 16.3. The number of ether oxygens (including phenoxy) is 1. The Labute approximate surface area is 203 Å². The number of aromatic nitrogens is 2. The summed E-state index contributed by atoms with van der Waals surface area (Å²) in [6.07, 6.45) is 10.2. The Morgan fingerprint density at radius 3 is 2.74 bits per heavy atom. The number of carbonyl (C=O) groups excluding carboxylic acids is 1. The average molecular weight is 460 g/mol. The summed E-state index contributed by atoms with van der Waals surface area (Å²) >= 11 is 0. The molecule has 0 bridgehead atoms. The molecule has 3 aromatic rings. The van der Waals surface area contributed by atoms with Gasteiger partial charge in [0, 0.05) is 12.5 Å². The van der Waals surface area contributed by atoms with Crippen molar-refractivity contribution in [2.45, 2.75) is 70.9 Å². The van der Waals surface area contributed by atoms with E-state index in [4.69, 9.17) is 9.72 Å². The number of allylic oxidation sites excluding steroid dienone is 1. The van der Waals surface area contributed by atoms with Crippen LogP contribution in [-0.2, 0) is 17.8 Å². The van der Waals surface area contributed by atoms with E-state index in [1.165, 1.54) is 12.0 Å². The number of para-hydroxylation sites is 3. The first-order valence-corrected chi connectivity index (χ1v) is 12.7. The number of aryl methyl sites for hydroxylation is 1. The largest absolute Gasteiger partial charge is 0.493 e. The number of rotatable bonds is 11. The van der Waals surface area contributed by atoms with E-state index in [0.29, 0.717) is 6.61 Å². The summed E-state index contributed by atoms with van der Waals surface area (Å²) in [5.41, 5.74) is 3.27. The fourth-order valence-corrected chi connectivity index (χ4v) is 4.94. The molecule has 1 unspecified atom stereocenters. The van der Waals surface area contributed by atoms with Gasteiger partial charge in [0.2, 0.25) is 5.91 Å². The Balaban J connectivity index is 1.38. The minimum Gasteiger partial charge on any atom is -0.493 e. The predicted molar refractivity (Wildman–Crippen MR) is 138 cm³/mol. The van der Waals surface area contributed by atoms with E-state index < -0.39 is 0 Å². The fraction of sp³-hybridized carbons (Fsp3) is 0.448. The Bertz CT molecular complexity index is 1100. The second kappa shape index (κ2) is 11.9. The SMILES string of the molecule is C=CCc1ccccc1OCCCCn1c(C(C)NC(=O)C2CCCCC2)nc2ccccc21. The summed E-state index contributed by atoms with van der Waals surface area (Å²) in [7, 11) is 0. The molecule has 1 aromatic heterocycles. The molecule has 0 saturated heterocycles. The average Bonchev–Trinajstić information content (AvgIpc) is 3.24. The molecule has 1 N–H and O–H groups in total. The molecule has 5 heteroatoms. The van der Waals surface area contributed by atoms with Crippen molar-refractivity contribution in [3.63, 3.8) is 0 Å². The fourth-order valence-electron chi connectivity index (χ4n) is 4.94. The highest BCUT2D eigenvalue weighted by molar-refractivity contribution is 5.80. The Morgan fingerprint density at radius 1 is 1.15 bits per heavy atom. The molecule has 0 radical (unpaired) electrons. The van der Waals surface area contributed by atoms with Crippen LogP contribution in [0.1, 0.15) is 69.3 Å². The summed E-state index contributed by atoms with van der Waals surface area (Å²) < 4.78 is 8.34. The first kappa shape index (κ1) is 24.1. The van der Waals surface area contributed by atoms with Crippen molar-refractivity contribution < 1.29 is 9.53 Å². The second-order valence-electron chi connectivity index (χ2n) is 9.33. The topological polar surface area (TPSA) is 56.1 Å². The van der Waals surface area contributed by atoms with Gasteiger partial charge < -0.3 is 14.6 Å². The third-order valence-corrected chi connectivity index (χ3v) is 6.78. The number of fused-ring (bicyclic) bond motifs is 1. The summed E-state index contributed by atoms with van der Waals surface area (Å²) in [4.78, 5) is 17.7. The maximum atomic E-state index is 12.8. The molecule has 1 fully saturated rings. The van der Waals surface area contributed by atoms with Crippen LogP contribution in [0.3, 0.4) is 0 Å². The number of unbranched alkanes of at least 4 members (excludes halogenated alkanes) is 1. The molecule has 180 valence electrons. The van der Waals surface area contributed by atoms with Crippen molar-refractivity contribution in [1.82, 2.24) is 14.9 Å². The molecule has 1 amide bonds. The van der Waals surface area contributed by atoms with E-state index in [1.807, 2.05) is 36.4 Å². The number of carbonyl (C=O) groups is 1. The molecule has 1 aliphatic carbocycles. The number of benzene rings is 2. The first-order valence-electron chi connectivity index (χ1n) is 12.7. The number of imidazole rings is 1. The minimum atomic E-state index is -0.121. The zero-order valence-electron chi connectivity index (χ0n) is 20.3.